The highest BCUT2D eigenvalue weighted by molar-refractivity contribution is 5.79. The third kappa shape index (κ3) is 5.26. The van der Waals surface area contributed by atoms with Gasteiger partial charge in [-0.25, -0.2) is 0 Å². The Kier molecular flexibility index (Phi) is 6.78. The van der Waals surface area contributed by atoms with Crippen LogP contribution >= 0.6 is 0 Å². The number of aromatic hydroxyl groups is 1. The van der Waals surface area contributed by atoms with Crippen molar-refractivity contribution in [1.29, 1.82) is 0 Å². The third-order valence-corrected chi connectivity index (χ3v) is 7.16. The molecule has 2 amide bonds. The first-order valence-electron chi connectivity index (χ1n) is 12.6. The van der Waals surface area contributed by atoms with Crippen molar-refractivity contribution < 1.29 is 24.2 Å². The number of fused-ring (bicyclic) bond motifs is 6. The molecule has 4 bridgehead atoms. The number of aryl methyl sites for hydroxylation is 4. The predicted octanol–water partition coefficient (Wildman–Crippen LogP) is 3.45. The van der Waals surface area contributed by atoms with Crippen molar-refractivity contribution in [3.63, 3.8) is 0 Å². The van der Waals surface area contributed by atoms with Gasteiger partial charge < -0.3 is 24.8 Å². The highest BCUT2D eigenvalue weighted by Gasteiger charge is 2.37. The molecule has 1 aromatic heterocycles. The summed E-state index contributed by atoms with van der Waals surface area (Å²) in [5.41, 5.74) is 3.75. The van der Waals surface area contributed by atoms with Crippen LogP contribution in [0.3, 0.4) is 0 Å². The van der Waals surface area contributed by atoms with Crippen LogP contribution < -0.4 is 14.8 Å². The fraction of sp³-hybridized carbons (Fsp3) is 0.393. The molecule has 37 heavy (non-hydrogen) atoms. The Hall–Kier alpha value is -4.01. The summed E-state index contributed by atoms with van der Waals surface area (Å²) in [6.45, 7) is 5.34. The average molecular weight is 505 g/mol. The summed E-state index contributed by atoms with van der Waals surface area (Å²) in [5, 5.41) is 18.0. The SMILES string of the molecule is COc1ccc2cc1Oc1cc(ccc1O)CCC(=O)N[C@@H]1CN(C(=O)CCn3nc(C)cc3C)C[C@@H]21. The van der Waals surface area contributed by atoms with Gasteiger partial charge >= 0.3 is 0 Å². The number of hydrogen-bond acceptors (Lipinski definition) is 6. The van der Waals surface area contributed by atoms with Gasteiger partial charge in [0.25, 0.3) is 0 Å². The Bertz CT molecular complexity index is 1330. The summed E-state index contributed by atoms with van der Waals surface area (Å²) in [5.74, 6) is 1.14. The zero-order chi connectivity index (χ0) is 26.1. The molecule has 3 aromatic rings. The number of phenols is 1. The fourth-order valence-corrected chi connectivity index (χ4v) is 5.21. The Morgan fingerprint density at radius 3 is 2.73 bits per heavy atom. The van der Waals surface area contributed by atoms with Crippen LogP contribution in [0, 0.1) is 13.8 Å². The van der Waals surface area contributed by atoms with E-state index in [4.69, 9.17) is 9.47 Å². The van der Waals surface area contributed by atoms with Crippen molar-refractivity contribution in [3.8, 4) is 23.0 Å². The highest BCUT2D eigenvalue weighted by Crippen LogP contribution is 2.40. The maximum absolute atomic E-state index is 13.2. The number of rotatable bonds is 4. The highest BCUT2D eigenvalue weighted by atomic mass is 16.5. The van der Waals surface area contributed by atoms with Gasteiger partial charge in [-0.3, -0.25) is 14.3 Å². The average Bonchev–Trinajstić information content (AvgIpc) is 3.44. The largest absolute Gasteiger partial charge is 0.504 e. The van der Waals surface area contributed by atoms with E-state index in [-0.39, 0.29) is 29.5 Å². The topological polar surface area (TPSA) is 106 Å². The summed E-state index contributed by atoms with van der Waals surface area (Å²) < 4.78 is 13.5. The Morgan fingerprint density at radius 2 is 1.97 bits per heavy atom. The molecule has 1 fully saturated rings. The van der Waals surface area contributed by atoms with E-state index in [0.717, 1.165) is 22.5 Å². The van der Waals surface area contributed by atoms with Gasteiger partial charge in [0.2, 0.25) is 11.8 Å². The summed E-state index contributed by atoms with van der Waals surface area (Å²) in [4.78, 5) is 27.9. The van der Waals surface area contributed by atoms with Crippen molar-refractivity contribution in [1.82, 2.24) is 20.0 Å². The van der Waals surface area contributed by atoms with E-state index in [1.165, 1.54) is 0 Å². The molecular weight excluding hydrogens is 472 g/mol. The van der Waals surface area contributed by atoms with Crippen LogP contribution in [0.25, 0.3) is 0 Å². The number of ether oxygens (including phenoxy) is 2. The molecule has 0 radical (unpaired) electrons. The number of carbonyl (C=O) groups excluding carboxylic acids is 2. The third-order valence-electron chi connectivity index (χ3n) is 7.16. The Morgan fingerprint density at radius 1 is 1.14 bits per heavy atom. The van der Waals surface area contributed by atoms with Gasteiger partial charge in [-0.1, -0.05) is 12.1 Å². The molecule has 2 aliphatic rings. The number of amides is 2. The summed E-state index contributed by atoms with van der Waals surface area (Å²) >= 11 is 0. The van der Waals surface area contributed by atoms with E-state index in [2.05, 4.69) is 10.4 Å². The van der Waals surface area contributed by atoms with Gasteiger partial charge in [0.15, 0.2) is 23.0 Å². The van der Waals surface area contributed by atoms with Gasteiger partial charge in [-0.05, 0) is 61.7 Å². The van der Waals surface area contributed by atoms with Crippen molar-refractivity contribution in [3.05, 3.63) is 65.0 Å². The zero-order valence-corrected chi connectivity index (χ0v) is 21.4. The molecule has 0 saturated carbocycles. The smallest absolute Gasteiger partial charge is 0.224 e. The van der Waals surface area contributed by atoms with E-state index >= 15 is 0 Å². The van der Waals surface area contributed by atoms with Crippen LogP contribution in [0.5, 0.6) is 23.0 Å². The van der Waals surface area contributed by atoms with Gasteiger partial charge in [0.05, 0.1) is 18.8 Å². The van der Waals surface area contributed by atoms with Crippen LogP contribution in [0.15, 0.2) is 42.5 Å². The number of nitrogens with one attached hydrogen (secondary N) is 1. The first-order chi connectivity index (χ1) is 17.8. The Balaban J connectivity index is 1.42. The predicted molar refractivity (Wildman–Crippen MR) is 137 cm³/mol. The van der Waals surface area contributed by atoms with Gasteiger partial charge in [-0.2, -0.15) is 5.10 Å². The lowest BCUT2D eigenvalue weighted by Gasteiger charge is -2.21. The number of methoxy groups -OCH3 is 1. The zero-order valence-electron chi connectivity index (χ0n) is 21.4. The maximum atomic E-state index is 13.2. The van der Waals surface area contributed by atoms with E-state index in [0.29, 0.717) is 56.1 Å². The second kappa shape index (κ2) is 10.2. The molecule has 194 valence electrons. The second-order valence-electron chi connectivity index (χ2n) is 9.79. The van der Waals surface area contributed by atoms with Gasteiger partial charge in [0, 0.05) is 44.1 Å². The lowest BCUT2D eigenvalue weighted by molar-refractivity contribution is -0.131. The molecule has 0 unspecified atom stereocenters. The van der Waals surface area contributed by atoms with Gasteiger partial charge in [0.1, 0.15) is 0 Å². The number of hydrogen-bond donors (Lipinski definition) is 2. The lowest BCUT2D eigenvalue weighted by Crippen LogP contribution is -2.40. The van der Waals surface area contributed by atoms with Crippen molar-refractivity contribution in [2.45, 2.75) is 51.6 Å². The number of benzene rings is 2. The van der Waals surface area contributed by atoms with Crippen molar-refractivity contribution in [2.75, 3.05) is 20.2 Å². The standard InChI is InChI=1S/C28H32N4O5/c1-17-12-18(2)32(30-17)11-10-28(35)31-15-21-20-6-8-24(36-3)26(14-20)37-25-13-19(4-7-23(25)33)5-9-27(34)29-22(21)16-31/h4,6-8,12-14,21-22,33H,5,9-11,15-16H2,1-3H3,(H,29,34)/t21-,22+/m0/s1. The molecule has 9 heteroatoms. The van der Waals surface area contributed by atoms with Crippen LogP contribution in [0.1, 0.15) is 41.3 Å². The first-order valence-corrected chi connectivity index (χ1v) is 12.6. The maximum Gasteiger partial charge on any atom is 0.224 e. The van der Waals surface area contributed by atoms with E-state index in [1.807, 2.05) is 47.7 Å². The molecule has 0 aliphatic carbocycles. The fourth-order valence-electron chi connectivity index (χ4n) is 5.21. The normalized spacial score (nSPS) is 19.1. The summed E-state index contributed by atoms with van der Waals surface area (Å²) in [6.07, 6.45) is 1.13. The van der Waals surface area contributed by atoms with Gasteiger partial charge in [-0.15, -0.1) is 0 Å². The van der Waals surface area contributed by atoms with Crippen molar-refractivity contribution >= 4 is 11.8 Å². The molecule has 2 aromatic carbocycles. The summed E-state index contributed by atoms with van der Waals surface area (Å²) in [6, 6.07) is 12.5. The quantitative estimate of drug-likeness (QED) is 0.564. The second-order valence-corrected chi connectivity index (χ2v) is 9.79. The van der Waals surface area contributed by atoms with Crippen LogP contribution in [0.4, 0.5) is 0 Å². The van der Waals surface area contributed by atoms with Crippen LogP contribution in [-0.2, 0) is 22.6 Å². The number of aromatic nitrogens is 2. The lowest BCUT2D eigenvalue weighted by atomic mass is 9.93. The molecule has 9 nitrogen and oxygen atoms in total. The monoisotopic (exact) mass is 504 g/mol. The molecule has 2 aliphatic heterocycles. The van der Waals surface area contributed by atoms with E-state index in [1.54, 1.807) is 25.3 Å². The molecule has 5 rings (SSSR count). The molecule has 2 N–H and O–H groups in total. The number of nitrogens with zero attached hydrogens (tertiary/aromatic N) is 3. The number of phenolic OH excluding ortho intramolecular Hbond substituents is 1. The van der Waals surface area contributed by atoms with Crippen molar-refractivity contribution in [2.24, 2.45) is 0 Å². The van der Waals surface area contributed by atoms with E-state index in [9.17, 15) is 14.7 Å². The summed E-state index contributed by atoms with van der Waals surface area (Å²) in [7, 11) is 1.56. The molecule has 1 saturated heterocycles. The minimum Gasteiger partial charge on any atom is -0.504 e. The number of likely N-dealkylation sites (tertiary alicyclic amines) is 1. The minimum atomic E-state index is -0.233. The number of carbonyl (C=O) groups is 2. The Labute approximate surface area is 216 Å². The van der Waals surface area contributed by atoms with Crippen LogP contribution in [-0.4, -0.2) is 57.8 Å². The minimum absolute atomic E-state index is 0.00802. The van der Waals surface area contributed by atoms with E-state index < -0.39 is 0 Å². The first kappa shape index (κ1) is 24.7. The van der Waals surface area contributed by atoms with Crippen LogP contribution in [0.2, 0.25) is 0 Å². The molecular formula is C28H32N4O5. The molecule has 3 heterocycles. The molecule has 2 atom stereocenters. The molecule has 0 spiro atoms.